The van der Waals surface area contributed by atoms with Crippen molar-refractivity contribution in [1.82, 2.24) is 14.5 Å². The average Bonchev–Trinajstić information content (AvgIpc) is 2.92. The van der Waals surface area contributed by atoms with Crippen molar-refractivity contribution in [3.8, 4) is 0 Å². The van der Waals surface area contributed by atoms with Crippen LogP contribution in [0.1, 0.15) is 37.0 Å². The van der Waals surface area contributed by atoms with Crippen LogP contribution in [0.4, 0.5) is 0 Å². The molecule has 0 bridgehead atoms. The number of nitrogens with zero attached hydrogens (tertiary/aromatic N) is 3. The first-order chi connectivity index (χ1) is 10.1. The fourth-order valence-corrected chi connectivity index (χ4v) is 3.20. The van der Waals surface area contributed by atoms with Gasteiger partial charge in [-0.2, -0.15) is 0 Å². The Bertz CT molecular complexity index is 712. The number of benzene rings is 1. The van der Waals surface area contributed by atoms with Gasteiger partial charge in [0.25, 0.3) is 5.56 Å². The predicted molar refractivity (Wildman–Crippen MR) is 86.0 cm³/mol. The third-order valence-corrected chi connectivity index (χ3v) is 4.71. The molecule has 5 heteroatoms. The van der Waals surface area contributed by atoms with E-state index in [4.69, 9.17) is 11.6 Å². The molecular weight excluding hydrogens is 286 g/mol. The topological polar surface area (TPSA) is 38.1 Å². The van der Waals surface area contributed by atoms with E-state index in [1.165, 1.54) is 0 Å². The van der Waals surface area contributed by atoms with Crippen molar-refractivity contribution < 1.29 is 0 Å². The molecule has 2 atom stereocenters. The van der Waals surface area contributed by atoms with Crippen molar-refractivity contribution in [3.05, 3.63) is 40.4 Å². The first-order valence-corrected chi connectivity index (χ1v) is 7.89. The minimum Gasteiger partial charge on any atom is -0.304 e. The Morgan fingerprint density at radius 1 is 1.43 bits per heavy atom. The van der Waals surface area contributed by atoms with Gasteiger partial charge < -0.3 is 4.90 Å². The van der Waals surface area contributed by atoms with Gasteiger partial charge in [0.2, 0.25) is 0 Å². The molecule has 1 saturated heterocycles. The molecule has 0 N–H and O–H groups in total. The van der Waals surface area contributed by atoms with Crippen LogP contribution in [0.5, 0.6) is 0 Å². The van der Waals surface area contributed by atoms with Crippen molar-refractivity contribution >= 4 is 22.5 Å². The van der Waals surface area contributed by atoms with Crippen molar-refractivity contribution in [3.63, 3.8) is 0 Å². The SMILES string of the molecule is CCC(Cl)c1nc2ccccc2c(=O)n1C1CCN(C)C1. The van der Waals surface area contributed by atoms with Crippen molar-refractivity contribution in [2.45, 2.75) is 31.2 Å². The van der Waals surface area contributed by atoms with Gasteiger partial charge in [0.1, 0.15) is 5.82 Å². The van der Waals surface area contributed by atoms with E-state index < -0.39 is 0 Å². The number of para-hydroxylation sites is 1. The van der Waals surface area contributed by atoms with Crippen LogP contribution in [0.2, 0.25) is 0 Å². The lowest BCUT2D eigenvalue weighted by atomic mass is 10.2. The summed E-state index contributed by atoms with van der Waals surface area (Å²) in [6.07, 6.45) is 1.73. The second-order valence-electron chi connectivity index (χ2n) is 5.74. The smallest absolute Gasteiger partial charge is 0.261 e. The van der Waals surface area contributed by atoms with Gasteiger partial charge in [0.15, 0.2) is 0 Å². The largest absolute Gasteiger partial charge is 0.304 e. The molecule has 112 valence electrons. The summed E-state index contributed by atoms with van der Waals surface area (Å²) in [6, 6.07) is 7.68. The number of fused-ring (bicyclic) bond motifs is 1. The first-order valence-electron chi connectivity index (χ1n) is 7.45. The van der Waals surface area contributed by atoms with Crippen molar-refractivity contribution in [2.24, 2.45) is 0 Å². The van der Waals surface area contributed by atoms with Crippen LogP contribution in [-0.2, 0) is 0 Å². The van der Waals surface area contributed by atoms with E-state index in [9.17, 15) is 4.79 Å². The van der Waals surface area contributed by atoms with Crippen molar-refractivity contribution in [2.75, 3.05) is 20.1 Å². The quantitative estimate of drug-likeness (QED) is 0.818. The van der Waals surface area contributed by atoms with Gasteiger partial charge in [-0.1, -0.05) is 19.1 Å². The van der Waals surface area contributed by atoms with Gasteiger partial charge in [-0.25, -0.2) is 4.98 Å². The molecule has 2 heterocycles. The Kier molecular flexibility index (Phi) is 4.00. The van der Waals surface area contributed by atoms with E-state index in [1.54, 1.807) is 0 Å². The minimum atomic E-state index is -0.229. The molecule has 0 saturated carbocycles. The number of halogens is 1. The molecule has 1 aromatic carbocycles. The van der Waals surface area contributed by atoms with Crippen LogP contribution in [0.25, 0.3) is 10.9 Å². The Labute approximate surface area is 129 Å². The first kappa shape index (κ1) is 14.5. The molecule has 2 unspecified atom stereocenters. The third kappa shape index (κ3) is 2.58. The molecule has 3 rings (SSSR count). The van der Waals surface area contributed by atoms with E-state index in [2.05, 4.69) is 16.9 Å². The molecule has 0 radical (unpaired) electrons. The zero-order chi connectivity index (χ0) is 15.0. The highest BCUT2D eigenvalue weighted by atomic mass is 35.5. The van der Waals surface area contributed by atoms with Gasteiger partial charge in [-0.3, -0.25) is 9.36 Å². The van der Waals surface area contributed by atoms with E-state index in [0.29, 0.717) is 11.2 Å². The highest BCUT2D eigenvalue weighted by Crippen LogP contribution is 2.28. The number of likely N-dealkylation sites (tertiary alicyclic amines) is 1. The molecule has 21 heavy (non-hydrogen) atoms. The fraction of sp³-hybridized carbons (Fsp3) is 0.500. The van der Waals surface area contributed by atoms with E-state index in [-0.39, 0.29) is 17.0 Å². The predicted octanol–water partition coefficient (Wildman–Crippen LogP) is 2.96. The zero-order valence-corrected chi connectivity index (χ0v) is 13.2. The average molecular weight is 306 g/mol. The summed E-state index contributed by atoms with van der Waals surface area (Å²) in [7, 11) is 2.08. The molecule has 1 fully saturated rings. The molecule has 0 aliphatic carbocycles. The van der Waals surface area contributed by atoms with E-state index in [1.807, 2.05) is 35.8 Å². The highest BCUT2D eigenvalue weighted by molar-refractivity contribution is 6.20. The maximum atomic E-state index is 12.9. The Balaban J connectivity index is 2.23. The number of alkyl halides is 1. The van der Waals surface area contributed by atoms with Crippen LogP contribution >= 0.6 is 11.6 Å². The summed E-state index contributed by atoms with van der Waals surface area (Å²) in [4.78, 5) is 19.8. The lowest BCUT2D eigenvalue weighted by Gasteiger charge is -2.21. The van der Waals surface area contributed by atoms with Gasteiger partial charge in [0.05, 0.1) is 22.3 Å². The van der Waals surface area contributed by atoms with E-state index >= 15 is 0 Å². The maximum Gasteiger partial charge on any atom is 0.261 e. The number of likely N-dealkylation sites (N-methyl/N-ethyl adjacent to an activating group) is 1. The zero-order valence-electron chi connectivity index (χ0n) is 12.4. The lowest BCUT2D eigenvalue weighted by Crippen LogP contribution is -2.31. The molecule has 1 aromatic heterocycles. The van der Waals surface area contributed by atoms with Crippen LogP contribution < -0.4 is 5.56 Å². The molecular formula is C16H20ClN3O. The van der Waals surface area contributed by atoms with Gasteiger partial charge in [-0.05, 0) is 38.6 Å². The van der Waals surface area contributed by atoms with Gasteiger partial charge in [0, 0.05) is 6.54 Å². The van der Waals surface area contributed by atoms with E-state index in [0.717, 1.165) is 31.4 Å². The highest BCUT2D eigenvalue weighted by Gasteiger charge is 2.27. The monoisotopic (exact) mass is 305 g/mol. The maximum absolute atomic E-state index is 12.9. The summed E-state index contributed by atoms with van der Waals surface area (Å²) in [6.45, 7) is 3.90. The summed E-state index contributed by atoms with van der Waals surface area (Å²) in [5, 5.41) is 0.448. The standard InChI is InChI=1S/C16H20ClN3O/c1-3-13(17)15-18-14-7-5-4-6-12(14)16(21)20(15)11-8-9-19(2)10-11/h4-7,11,13H,3,8-10H2,1-2H3. The summed E-state index contributed by atoms with van der Waals surface area (Å²) in [5.41, 5.74) is 0.772. The summed E-state index contributed by atoms with van der Waals surface area (Å²) in [5.74, 6) is 0.711. The Morgan fingerprint density at radius 2 is 2.19 bits per heavy atom. The number of rotatable bonds is 3. The second-order valence-corrected chi connectivity index (χ2v) is 6.27. The normalized spacial score (nSPS) is 21.0. The van der Waals surface area contributed by atoms with Crippen LogP contribution in [0.15, 0.2) is 29.1 Å². The summed E-state index contributed by atoms with van der Waals surface area (Å²) >= 11 is 6.45. The van der Waals surface area contributed by atoms with Crippen LogP contribution in [0, 0.1) is 0 Å². The molecule has 0 spiro atoms. The van der Waals surface area contributed by atoms with Gasteiger partial charge >= 0.3 is 0 Å². The molecule has 1 aliphatic rings. The summed E-state index contributed by atoms with van der Waals surface area (Å²) < 4.78 is 1.84. The molecule has 4 nitrogen and oxygen atoms in total. The molecule has 1 aliphatic heterocycles. The van der Waals surface area contributed by atoms with Gasteiger partial charge in [-0.15, -0.1) is 11.6 Å². The van der Waals surface area contributed by atoms with Crippen LogP contribution in [0.3, 0.4) is 0 Å². The number of aromatic nitrogens is 2. The molecule has 0 amide bonds. The number of hydrogen-bond donors (Lipinski definition) is 0. The van der Waals surface area contributed by atoms with Crippen LogP contribution in [-0.4, -0.2) is 34.6 Å². The third-order valence-electron chi connectivity index (χ3n) is 4.21. The minimum absolute atomic E-state index is 0.0370. The second kappa shape index (κ2) is 5.78. The molecule has 2 aromatic rings. The van der Waals surface area contributed by atoms with Crippen molar-refractivity contribution in [1.29, 1.82) is 0 Å². The fourth-order valence-electron chi connectivity index (χ4n) is 3.04. The Hall–Kier alpha value is -1.39. The number of hydrogen-bond acceptors (Lipinski definition) is 3. The lowest BCUT2D eigenvalue weighted by molar-refractivity contribution is 0.384. The Morgan fingerprint density at radius 3 is 2.86 bits per heavy atom.